The average molecular weight is 240 g/mol. The maximum atomic E-state index is 11.7. The highest BCUT2D eigenvalue weighted by Crippen LogP contribution is 2.14. The molecule has 0 unspecified atom stereocenters. The van der Waals surface area contributed by atoms with E-state index in [1.807, 2.05) is 20.8 Å². The lowest BCUT2D eigenvalue weighted by molar-refractivity contribution is -0.141. The standard InChI is InChI=1S/C13H20O4/c1-6-10(7-9(2)11(14)15)12(16)17-8-13(3,4)5/h6-7H,8H2,1-5H3,(H,14,15). The van der Waals surface area contributed by atoms with Crippen molar-refractivity contribution in [1.82, 2.24) is 0 Å². The zero-order valence-corrected chi connectivity index (χ0v) is 11.0. The number of carboxylic acids is 1. The van der Waals surface area contributed by atoms with Gasteiger partial charge in [0, 0.05) is 5.57 Å². The van der Waals surface area contributed by atoms with Crippen molar-refractivity contribution in [3.8, 4) is 0 Å². The first-order valence-corrected chi connectivity index (χ1v) is 5.42. The summed E-state index contributed by atoms with van der Waals surface area (Å²) in [6.07, 6.45) is 2.85. The Kier molecular flexibility index (Phi) is 5.65. The van der Waals surface area contributed by atoms with Crippen LogP contribution >= 0.6 is 0 Å². The summed E-state index contributed by atoms with van der Waals surface area (Å²) >= 11 is 0. The predicted molar refractivity (Wildman–Crippen MR) is 65.6 cm³/mol. The summed E-state index contributed by atoms with van der Waals surface area (Å²) in [5.41, 5.74) is 0.250. The van der Waals surface area contributed by atoms with Gasteiger partial charge in [-0.05, 0) is 25.3 Å². The third kappa shape index (κ3) is 6.56. The Balaban J connectivity index is 4.66. The van der Waals surface area contributed by atoms with Gasteiger partial charge in [-0.3, -0.25) is 0 Å². The van der Waals surface area contributed by atoms with E-state index in [-0.39, 0.29) is 16.6 Å². The maximum absolute atomic E-state index is 11.7. The van der Waals surface area contributed by atoms with Gasteiger partial charge in [-0.2, -0.15) is 0 Å². The maximum Gasteiger partial charge on any atom is 0.337 e. The van der Waals surface area contributed by atoms with Crippen molar-refractivity contribution in [2.45, 2.75) is 34.6 Å². The van der Waals surface area contributed by atoms with Crippen molar-refractivity contribution in [3.63, 3.8) is 0 Å². The molecule has 0 aromatic carbocycles. The number of carboxylic acid groups (broad SMARTS) is 1. The number of rotatable bonds is 4. The Hall–Kier alpha value is -1.58. The fraction of sp³-hybridized carbons (Fsp3) is 0.538. The molecule has 0 heterocycles. The quantitative estimate of drug-likeness (QED) is 0.466. The van der Waals surface area contributed by atoms with Crippen molar-refractivity contribution in [3.05, 3.63) is 23.3 Å². The molecule has 0 fully saturated rings. The molecule has 96 valence electrons. The summed E-state index contributed by atoms with van der Waals surface area (Å²) in [7, 11) is 0. The number of ether oxygens (including phenoxy) is 1. The number of carbonyl (C=O) groups excluding carboxylic acids is 1. The zero-order valence-electron chi connectivity index (χ0n) is 11.0. The largest absolute Gasteiger partial charge is 0.478 e. The number of allylic oxidation sites excluding steroid dienone is 1. The minimum Gasteiger partial charge on any atom is -0.478 e. The fourth-order valence-electron chi connectivity index (χ4n) is 0.920. The summed E-state index contributed by atoms with van der Waals surface area (Å²) in [6.45, 7) is 9.25. The number of hydrogen-bond acceptors (Lipinski definition) is 3. The molecule has 0 radical (unpaired) electrons. The lowest BCUT2D eigenvalue weighted by Gasteiger charge is -2.17. The lowest BCUT2D eigenvalue weighted by atomic mass is 9.99. The summed E-state index contributed by atoms with van der Waals surface area (Å²) in [5, 5.41) is 8.72. The molecule has 0 aliphatic heterocycles. The minimum absolute atomic E-state index is 0.103. The van der Waals surface area contributed by atoms with Crippen LogP contribution < -0.4 is 0 Å². The van der Waals surface area contributed by atoms with Gasteiger partial charge in [0.25, 0.3) is 0 Å². The molecule has 0 spiro atoms. The molecule has 0 aliphatic carbocycles. The van der Waals surface area contributed by atoms with Crippen LogP contribution in [0.25, 0.3) is 0 Å². The van der Waals surface area contributed by atoms with Crippen LogP contribution in [-0.2, 0) is 14.3 Å². The molecule has 0 amide bonds. The zero-order chi connectivity index (χ0) is 13.6. The van der Waals surface area contributed by atoms with Crippen molar-refractivity contribution >= 4 is 11.9 Å². The molecule has 0 aliphatic rings. The van der Waals surface area contributed by atoms with Gasteiger partial charge in [0.15, 0.2) is 0 Å². The molecule has 1 N–H and O–H groups in total. The van der Waals surface area contributed by atoms with E-state index in [0.29, 0.717) is 6.61 Å². The molecule has 4 heteroatoms. The molecule has 0 atom stereocenters. The van der Waals surface area contributed by atoms with Crippen molar-refractivity contribution in [2.75, 3.05) is 6.61 Å². The Morgan fingerprint density at radius 2 is 1.82 bits per heavy atom. The Morgan fingerprint density at radius 3 is 2.18 bits per heavy atom. The summed E-state index contributed by atoms with van der Waals surface area (Å²) < 4.78 is 5.10. The lowest BCUT2D eigenvalue weighted by Crippen LogP contribution is -2.19. The topological polar surface area (TPSA) is 63.6 Å². The first-order valence-electron chi connectivity index (χ1n) is 5.42. The second-order valence-corrected chi connectivity index (χ2v) is 5.01. The Labute approximate surface area is 102 Å². The van der Waals surface area contributed by atoms with Crippen LogP contribution in [0.1, 0.15) is 34.6 Å². The first-order chi connectivity index (χ1) is 7.67. The highest BCUT2D eigenvalue weighted by molar-refractivity contribution is 5.95. The van der Waals surface area contributed by atoms with Crippen LogP contribution in [0.2, 0.25) is 0 Å². The van der Waals surface area contributed by atoms with Crippen LogP contribution in [-0.4, -0.2) is 23.7 Å². The van der Waals surface area contributed by atoms with E-state index in [1.54, 1.807) is 6.92 Å². The van der Waals surface area contributed by atoms with Gasteiger partial charge < -0.3 is 9.84 Å². The number of carbonyl (C=O) groups is 2. The van der Waals surface area contributed by atoms with Crippen LogP contribution in [0.3, 0.4) is 0 Å². The third-order valence-corrected chi connectivity index (χ3v) is 1.89. The van der Waals surface area contributed by atoms with Crippen LogP contribution in [0.5, 0.6) is 0 Å². The van der Waals surface area contributed by atoms with Crippen LogP contribution in [0.15, 0.2) is 23.3 Å². The monoisotopic (exact) mass is 240 g/mol. The molecule has 0 aromatic rings. The Bertz CT molecular complexity index is 356. The average Bonchev–Trinajstić information content (AvgIpc) is 2.20. The van der Waals surface area contributed by atoms with Crippen LogP contribution in [0, 0.1) is 5.41 Å². The third-order valence-electron chi connectivity index (χ3n) is 1.89. The van der Waals surface area contributed by atoms with Gasteiger partial charge in [-0.25, -0.2) is 9.59 Å². The van der Waals surface area contributed by atoms with Gasteiger partial charge in [0.05, 0.1) is 12.2 Å². The van der Waals surface area contributed by atoms with E-state index in [1.165, 1.54) is 19.1 Å². The minimum atomic E-state index is -1.05. The van der Waals surface area contributed by atoms with Gasteiger partial charge in [0.1, 0.15) is 0 Å². The fourth-order valence-corrected chi connectivity index (χ4v) is 0.920. The van der Waals surface area contributed by atoms with E-state index < -0.39 is 11.9 Å². The molecular formula is C13H20O4. The smallest absolute Gasteiger partial charge is 0.337 e. The molecule has 0 aromatic heterocycles. The van der Waals surface area contributed by atoms with E-state index in [2.05, 4.69) is 0 Å². The number of esters is 1. The molecule has 17 heavy (non-hydrogen) atoms. The summed E-state index contributed by atoms with van der Waals surface area (Å²) in [5.74, 6) is -1.55. The SMILES string of the molecule is CC=C(C=C(C)C(=O)O)C(=O)OCC(C)(C)C. The van der Waals surface area contributed by atoms with E-state index in [9.17, 15) is 9.59 Å². The summed E-state index contributed by atoms with van der Waals surface area (Å²) in [6, 6.07) is 0. The van der Waals surface area contributed by atoms with Crippen molar-refractivity contribution in [1.29, 1.82) is 0 Å². The molecule has 0 saturated heterocycles. The molecular weight excluding hydrogens is 220 g/mol. The number of hydrogen-bond donors (Lipinski definition) is 1. The van der Waals surface area contributed by atoms with Crippen molar-refractivity contribution in [2.24, 2.45) is 5.41 Å². The van der Waals surface area contributed by atoms with Gasteiger partial charge in [-0.1, -0.05) is 26.8 Å². The normalized spacial score (nSPS) is 13.5. The highest BCUT2D eigenvalue weighted by Gasteiger charge is 2.16. The summed E-state index contributed by atoms with van der Waals surface area (Å²) in [4.78, 5) is 22.3. The number of aliphatic carboxylic acids is 1. The van der Waals surface area contributed by atoms with E-state index in [0.717, 1.165) is 0 Å². The highest BCUT2D eigenvalue weighted by atomic mass is 16.5. The molecule has 4 nitrogen and oxygen atoms in total. The van der Waals surface area contributed by atoms with Gasteiger partial charge >= 0.3 is 11.9 Å². The van der Waals surface area contributed by atoms with Crippen LogP contribution in [0.4, 0.5) is 0 Å². The molecule has 0 bridgehead atoms. The van der Waals surface area contributed by atoms with E-state index >= 15 is 0 Å². The molecule has 0 saturated carbocycles. The predicted octanol–water partition coefficient (Wildman–Crippen LogP) is 2.55. The Morgan fingerprint density at radius 1 is 1.29 bits per heavy atom. The van der Waals surface area contributed by atoms with Crippen molar-refractivity contribution < 1.29 is 19.4 Å². The van der Waals surface area contributed by atoms with Gasteiger partial charge in [-0.15, -0.1) is 0 Å². The second-order valence-electron chi connectivity index (χ2n) is 5.01. The second kappa shape index (κ2) is 6.23. The molecule has 0 rings (SSSR count). The van der Waals surface area contributed by atoms with Gasteiger partial charge in [0.2, 0.25) is 0 Å². The first kappa shape index (κ1) is 15.4. The van der Waals surface area contributed by atoms with E-state index in [4.69, 9.17) is 9.84 Å².